The zero-order valence-corrected chi connectivity index (χ0v) is 13.2. The molecule has 1 heterocycles. The molecule has 3 rings (SSSR count). The van der Waals surface area contributed by atoms with Gasteiger partial charge in [0, 0.05) is 18.7 Å². The number of carbonyl (C=O) groups excluding carboxylic acids is 2. The van der Waals surface area contributed by atoms with Crippen LogP contribution in [0, 0.1) is 0 Å². The Labute approximate surface area is 140 Å². The van der Waals surface area contributed by atoms with Crippen LogP contribution in [0.1, 0.15) is 22.8 Å². The minimum absolute atomic E-state index is 0.166. The van der Waals surface area contributed by atoms with Crippen molar-refractivity contribution in [3.8, 4) is 0 Å². The number of anilines is 2. The standard InChI is InChI=1S/C20H16N2O2/c1-15(23)22(17-11-6-3-7-12-17)20-18(13-8-14-21-20)19(24)16-9-4-2-5-10-16/h2-14H,1H3. The Morgan fingerprint density at radius 1 is 0.833 bits per heavy atom. The average molecular weight is 316 g/mol. The molecule has 24 heavy (non-hydrogen) atoms. The van der Waals surface area contributed by atoms with Gasteiger partial charge in [-0.15, -0.1) is 0 Å². The summed E-state index contributed by atoms with van der Waals surface area (Å²) in [7, 11) is 0. The molecule has 3 aromatic rings. The summed E-state index contributed by atoms with van der Waals surface area (Å²) in [5.41, 5.74) is 1.62. The van der Waals surface area contributed by atoms with E-state index in [1.807, 2.05) is 48.5 Å². The van der Waals surface area contributed by atoms with Gasteiger partial charge in [0.25, 0.3) is 0 Å². The maximum absolute atomic E-state index is 12.8. The minimum atomic E-state index is -0.206. The van der Waals surface area contributed by atoms with Gasteiger partial charge in [-0.1, -0.05) is 48.5 Å². The second-order valence-corrected chi connectivity index (χ2v) is 5.26. The highest BCUT2D eigenvalue weighted by Crippen LogP contribution is 2.28. The first kappa shape index (κ1) is 15.6. The first-order valence-corrected chi connectivity index (χ1v) is 7.59. The van der Waals surface area contributed by atoms with Gasteiger partial charge in [0.15, 0.2) is 11.6 Å². The van der Waals surface area contributed by atoms with Crippen molar-refractivity contribution in [2.75, 3.05) is 4.90 Å². The first-order chi connectivity index (χ1) is 11.7. The highest BCUT2D eigenvalue weighted by atomic mass is 16.2. The lowest BCUT2D eigenvalue weighted by Crippen LogP contribution is -2.26. The Morgan fingerprint density at radius 3 is 2.08 bits per heavy atom. The molecule has 0 atom stereocenters. The Bertz CT molecular complexity index is 861. The summed E-state index contributed by atoms with van der Waals surface area (Å²) in [5, 5.41) is 0. The molecule has 1 amide bonds. The number of amides is 1. The molecule has 4 nitrogen and oxygen atoms in total. The normalized spacial score (nSPS) is 10.2. The van der Waals surface area contributed by atoms with Crippen molar-refractivity contribution in [3.05, 3.63) is 90.1 Å². The van der Waals surface area contributed by atoms with E-state index in [0.717, 1.165) is 0 Å². The van der Waals surface area contributed by atoms with Crippen LogP contribution in [-0.2, 0) is 4.79 Å². The van der Waals surface area contributed by atoms with Crippen molar-refractivity contribution in [3.63, 3.8) is 0 Å². The van der Waals surface area contributed by atoms with Gasteiger partial charge in [0.05, 0.1) is 11.3 Å². The zero-order chi connectivity index (χ0) is 16.9. The van der Waals surface area contributed by atoms with E-state index < -0.39 is 0 Å². The molecule has 0 bridgehead atoms. The third-order valence-corrected chi connectivity index (χ3v) is 3.61. The molecule has 0 N–H and O–H groups in total. The maximum atomic E-state index is 12.8. The van der Waals surface area contributed by atoms with Crippen molar-refractivity contribution in [1.29, 1.82) is 0 Å². The van der Waals surface area contributed by atoms with E-state index in [-0.39, 0.29) is 11.7 Å². The Morgan fingerprint density at radius 2 is 1.46 bits per heavy atom. The van der Waals surface area contributed by atoms with Gasteiger partial charge in [-0.25, -0.2) is 4.98 Å². The van der Waals surface area contributed by atoms with Crippen LogP contribution in [-0.4, -0.2) is 16.7 Å². The Hall–Kier alpha value is -3.27. The average Bonchev–Trinajstić information content (AvgIpc) is 2.63. The summed E-state index contributed by atoms with van der Waals surface area (Å²) < 4.78 is 0. The number of carbonyl (C=O) groups is 2. The number of hydrogen-bond donors (Lipinski definition) is 0. The van der Waals surface area contributed by atoms with Crippen LogP contribution in [0.4, 0.5) is 11.5 Å². The number of nitrogens with zero attached hydrogens (tertiary/aromatic N) is 2. The van der Waals surface area contributed by atoms with Crippen LogP contribution in [0.25, 0.3) is 0 Å². The number of para-hydroxylation sites is 1. The molecular weight excluding hydrogens is 300 g/mol. The van der Waals surface area contributed by atoms with E-state index in [2.05, 4.69) is 4.98 Å². The fraction of sp³-hybridized carbons (Fsp3) is 0.0500. The van der Waals surface area contributed by atoms with E-state index in [1.165, 1.54) is 11.8 Å². The van der Waals surface area contributed by atoms with Crippen molar-refractivity contribution in [2.24, 2.45) is 0 Å². The molecule has 118 valence electrons. The van der Waals surface area contributed by atoms with Crippen molar-refractivity contribution >= 4 is 23.2 Å². The maximum Gasteiger partial charge on any atom is 0.229 e. The lowest BCUT2D eigenvalue weighted by Gasteiger charge is -2.22. The minimum Gasteiger partial charge on any atom is -0.288 e. The van der Waals surface area contributed by atoms with Gasteiger partial charge in [-0.3, -0.25) is 14.5 Å². The molecule has 1 aromatic heterocycles. The van der Waals surface area contributed by atoms with E-state index >= 15 is 0 Å². The summed E-state index contributed by atoms with van der Waals surface area (Å²) in [6.45, 7) is 1.46. The van der Waals surface area contributed by atoms with Crippen LogP contribution >= 0.6 is 0 Å². The van der Waals surface area contributed by atoms with Gasteiger partial charge < -0.3 is 0 Å². The molecule has 0 saturated heterocycles. The highest BCUT2D eigenvalue weighted by Gasteiger charge is 2.22. The summed E-state index contributed by atoms with van der Waals surface area (Å²) >= 11 is 0. The van der Waals surface area contributed by atoms with E-state index in [9.17, 15) is 9.59 Å². The third-order valence-electron chi connectivity index (χ3n) is 3.61. The molecule has 4 heteroatoms. The second-order valence-electron chi connectivity index (χ2n) is 5.26. The quantitative estimate of drug-likeness (QED) is 0.684. The Kier molecular flexibility index (Phi) is 4.47. The molecule has 0 aliphatic carbocycles. The fourth-order valence-corrected chi connectivity index (χ4v) is 2.53. The lowest BCUT2D eigenvalue weighted by atomic mass is 10.0. The number of hydrogen-bond acceptors (Lipinski definition) is 3. The number of benzene rings is 2. The number of rotatable bonds is 4. The number of aromatic nitrogens is 1. The molecule has 0 aliphatic heterocycles. The van der Waals surface area contributed by atoms with Crippen LogP contribution in [0.3, 0.4) is 0 Å². The van der Waals surface area contributed by atoms with Gasteiger partial charge in [0.1, 0.15) is 0 Å². The molecule has 0 saturated carbocycles. The van der Waals surface area contributed by atoms with Crippen molar-refractivity contribution in [2.45, 2.75) is 6.92 Å². The Balaban J connectivity index is 2.11. The van der Waals surface area contributed by atoms with Gasteiger partial charge in [0.2, 0.25) is 5.91 Å². The van der Waals surface area contributed by atoms with Gasteiger partial charge >= 0.3 is 0 Å². The molecule has 0 unspecified atom stereocenters. The summed E-state index contributed by atoms with van der Waals surface area (Å²) in [6.07, 6.45) is 1.58. The van der Waals surface area contributed by atoms with Crippen molar-refractivity contribution < 1.29 is 9.59 Å². The largest absolute Gasteiger partial charge is 0.288 e. The summed E-state index contributed by atoms with van der Waals surface area (Å²) in [5.74, 6) is -0.0343. The van der Waals surface area contributed by atoms with Gasteiger partial charge in [-0.2, -0.15) is 0 Å². The molecule has 0 spiro atoms. The predicted molar refractivity (Wildman–Crippen MR) is 93.4 cm³/mol. The number of ketones is 1. The second kappa shape index (κ2) is 6.87. The van der Waals surface area contributed by atoms with Gasteiger partial charge in [-0.05, 0) is 24.3 Å². The highest BCUT2D eigenvalue weighted by molar-refractivity contribution is 6.14. The van der Waals surface area contributed by atoms with E-state index in [4.69, 9.17) is 0 Å². The molecular formula is C20H16N2O2. The predicted octanol–water partition coefficient (Wildman–Crippen LogP) is 4.00. The van der Waals surface area contributed by atoms with E-state index in [0.29, 0.717) is 22.6 Å². The smallest absolute Gasteiger partial charge is 0.229 e. The monoisotopic (exact) mass is 316 g/mol. The van der Waals surface area contributed by atoms with Crippen LogP contribution in [0.5, 0.6) is 0 Å². The molecule has 2 aromatic carbocycles. The molecule has 0 radical (unpaired) electrons. The fourth-order valence-electron chi connectivity index (χ4n) is 2.53. The van der Waals surface area contributed by atoms with E-state index in [1.54, 1.807) is 30.5 Å². The summed E-state index contributed by atoms with van der Waals surface area (Å²) in [4.78, 5) is 30.8. The van der Waals surface area contributed by atoms with Crippen LogP contribution in [0.2, 0.25) is 0 Å². The molecule has 0 aliphatic rings. The van der Waals surface area contributed by atoms with Crippen LogP contribution in [0.15, 0.2) is 79.0 Å². The van der Waals surface area contributed by atoms with Crippen molar-refractivity contribution in [1.82, 2.24) is 4.98 Å². The summed E-state index contributed by atoms with van der Waals surface area (Å²) in [6, 6.07) is 21.5. The molecule has 0 fully saturated rings. The third kappa shape index (κ3) is 3.08. The lowest BCUT2D eigenvalue weighted by molar-refractivity contribution is -0.115. The SMILES string of the molecule is CC(=O)N(c1ccccc1)c1ncccc1C(=O)c1ccccc1. The zero-order valence-electron chi connectivity index (χ0n) is 13.2. The first-order valence-electron chi connectivity index (χ1n) is 7.59. The van der Waals surface area contributed by atoms with Crippen LogP contribution < -0.4 is 4.90 Å². The number of pyridine rings is 1. The topological polar surface area (TPSA) is 50.3 Å².